The molecule has 3 unspecified atom stereocenters. The first kappa shape index (κ1) is 20.9. The molecule has 10 heteroatoms. The lowest BCUT2D eigenvalue weighted by atomic mass is 9.66. The van der Waals surface area contributed by atoms with E-state index in [4.69, 9.17) is 37.2 Å². The second kappa shape index (κ2) is 7.64. The summed E-state index contributed by atoms with van der Waals surface area (Å²) in [6.07, 6.45) is 0. The maximum atomic E-state index is 6.49. The van der Waals surface area contributed by atoms with E-state index < -0.39 is 28.4 Å². The summed E-state index contributed by atoms with van der Waals surface area (Å²) in [5.41, 5.74) is 0.0854. The molecule has 0 aromatic heterocycles. The summed E-state index contributed by atoms with van der Waals surface area (Å²) >= 11 is 0. The van der Waals surface area contributed by atoms with Crippen molar-refractivity contribution in [2.24, 2.45) is 0 Å². The lowest BCUT2D eigenvalue weighted by molar-refractivity contribution is -0.350. The van der Waals surface area contributed by atoms with Crippen LogP contribution in [0.4, 0.5) is 0 Å². The van der Waals surface area contributed by atoms with E-state index in [2.05, 4.69) is 0 Å². The van der Waals surface area contributed by atoms with Gasteiger partial charge in [-0.15, -0.1) is 9.35 Å². The van der Waals surface area contributed by atoms with Gasteiger partial charge in [-0.25, -0.2) is 9.78 Å². The summed E-state index contributed by atoms with van der Waals surface area (Å²) in [6, 6.07) is 31.2. The van der Waals surface area contributed by atoms with Crippen molar-refractivity contribution in [1.82, 2.24) is 0 Å². The van der Waals surface area contributed by atoms with Gasteiger partial charge in [0.2, 0.25) is 11.5 Å². The second-order valence-corrected chi connectivity index (χ2v) is 10.4. The van der Waals surface area contributed by atoms with Crippen LogP contribution in [0.25, 0.3) is 0 Å². The van der Waals surface area contributed by atoms with Gasteiger partial charge in [-0.1, -0.05) is 91.0 Å². The quantitative estimate of drug-likeness (QED) is 0.217. The Morgan fingerprint density at radius 1 is 0.472 bits per heavy atom. The molecule has 4 aromatic carbocycles. The van der Waals surface area contributed by atoms with Crippen molar-refractivity contribution < 1.29 is 37.2 Å². The fourth-order valence-electron chi connectivity index (χ4n) is 5.21. The molecule has 0 N–H and O–H groups in total. The monoisotopic (exact) mass is 518 g/mol. The molecule has 4 aliphatic rings. The number of benzene rings is 4. The highest BCUT2D eigenvalue weighted by molar-refractivity contribution is 7.44. The zero-order valence-corrected chi connectivity index (χ0v) is 20.2. The van der Waals surface area contributed by atoms with E-state index in [9.17, 15) is 0 Å². The minimum atomic E-state index is -2.12. The van der Waals surface area contributed by atoms with Crippen LogP contribution in [0.2, 0.25) is 0 Å². The van der Waals surface area contributed by atoms with Crippen LogP contribution in [0, 0.1) is 0 Å². The molecule has 4 aromatic rings. The Bertz CT molecular complexity index is 1430. The van der Waals surface area contributed by atoms with Crippen LogP contribution < -0.4 is 18.1 Å². The van der Waals surface area contributed by atoms with Crippen molar-refractivity contribution >= 4 is 17.2 Å². The Kier molecular flexibility index (Phi) is 4.44. The standard InChI is InChI=1S/C26H16O8P2/c1-4-10-17(11-5-1)25(18-12-6-2-7-13-18)26(19-14-8-3-9-15-19)20-16-21-23-24(30-35(27-21)29-23)22(20)28-36(33-31-25)34-32-26/h1-16H. The molecule has 4 heterocycles. The molecule has 36 heavy (non-hydrogen) atoms. The van der Waals surface area contributed by atoms with Crippen LogP contribution in [-0.4, -0.2) is 0 Å². The molecule has 4 bridgehead atoms. The molecule has 0 amide bonds. The van der Waals surface area contributed by atoms with Crippen LogP contribution in [0.5, 0.6) is 23.0 Å². The minimum Gasteiger partial charge on any atom is -0.419 e. The zero-order chi connectivity index (χ0) is 23.7. The fourth-order valence-corrected chi connectivity index (χ4v) is 7.02. The molecule has 3 atom stereocenters. The van der Waals surface area contributed by atoms with Crippen molar-refractivity contribution in [2.45, 2.75) is 11.2 Å². The molecule has 0 saturated carbocycles. The molecule has 0 spiro atoms. The summed E-state index contributed by atoms with van der Waals surface area (Å²) in [5, 5.41) is 0. The molecule has 178 valence electrons. The summed E-state index contributed by atoms with van der Waals surface area (Å²) in [5.74, 6) is 1.91. The van der Waals surface area contributed by atoms with Crippen molar-refractivity contribution in [2.75, 3.05) is 0 Å². The average molecular weight is 518 g/mol. The molecule has 0 radical (unpaired) electrons. The van der Waals surface area contributed by atoms with E-state index in [0.717, 1.165) is 16.7 Å². The Morgan fingerprint density at radius 2 is 0.972 bits per heavy atom. The van der Waals surface area contributed by atoms with Gasteiger partial charge < -0.3 is 18.1 Å². The SMILES string of the molecule is c1ccc(C2(c3ccccc3)OOP3OOC2(c2ccccc2)c2cc4c5c(c2O3)OP(O4)O5)cc1. The third kappa shape index (κ3) is 2.64. The molecule has 1 saturated heterocycles. The largest absolute Gasteiger partial charge is 0.530 e. The van der Waals surface area contributed by atoms with E-state index in [1.165, 1.54) is 0 Å². The van der Waals surface area contributed by atoms with E-state index in [1.807, 2.05) is 97.1 Å². The minimum absolute atomic E-state index is 0.411. The number of fused-ring (bicyclic) bond motifs is 7. The third-order valence-electron chi connectivity index (χ3n) is 6.69. The average Bonchev–Trinajstić information content (AvgIpc) is 3.45. The Balaban J connectivity index is 1.55. The van der Waals surface area contributed by atoms with Crippen molar-refractivity contribution in [3.8, 4) is 23.0 Å². The maximum Gasteiger partial charge on any atom is 0.530 e. The van der Waals surface area contributed by atoms with E-state index in [1.54, 1.807) is 0 Å². The van der Waals surface area contributed by atoms with Crippen LogP contribution in [0.3, 0.4) is 0 Å². The van der Waals surface area contributed by atoms with Crippen LogP contribution in [0.1, 0.15) is 22.3 Å². The molecule has 8 nitrogen and oxygen atoms in total. The number of hydrogen-bond donors (Lipinski definition) is 0. The topological polar surface area (TPSA) is 73.8 Å². The van der Waals surface area contributed by atoms with Gasteiger partial charge >= 0.3 is 17.2 Å². The van der Waals surface area contributed by atoms with Gasteiger partial charge in [0.25, 0.3) is 0 Å². The second-order valence-electron chi connectivity index (χ2n) is 8.50. The first-order valence-electron chi connectivity index (χ1n) is 11.2. The Hall–Kier alpha value is -3.22. The summed E-state index contributed by atoms with van der Waals surface area (Å²) < 4.78 is 35.5. The van der Waals surface area contributed by atoms with Crippen molar-refractivity contribution in [1.29, 1.82) is 0 Å². The third-order valence-corrected chi connectivity index (χ3v) is 8.42. The Labute approximate surface area is 208 Å². The first-order chi connectivity index (χ1) is 17.8. The van der Waals surface area contributed by atoms with Gasteiger partial charge in [0, 0.05) is 5.56 Å². The maximum absolute atomic E-state index is 6.49. The summed E-state index contributed by atoms with van der Waals surface area (Å²) in [6.45, 7) is 0. The van der Waals surface area contributed by atoms with Gasteiger partial charge in [-0.05, 0) is 22.8 Å². The lowest BCUT2D eigenvalue weighted by Crippen LogP contribution is -2.53. The van der Waals surface area contributed by atoms with E-state index in [-0.39, 0.29) is 0 Å². The smallest absolute Gasteiger partial charge is 0.419 e. The first-order valence-corrected chi connectivity index (χ1v) is 13.4. The fraction of sp³-hybridized carbons (Fsp3) is 0.0769. The van der Waals surface area contributed by atoms with Gasteiger partial charge in [-0.3, -0.25) is 0 Å². The van der Waals surface area contributed by atoms with Crippen LogP contribution in [-0.2, 0) is 30.3 Å². The summed E-state index contributed by atoms with van der Waals surface area (Å²) in [4.78, 5) is 13.0. The molecule has 8 rings (SSSR count). The molecular weight excluding hydrogens is 502 g/mol. The highest BCUT2D eigenvalue weighted by atomic mass is 31.2. The zero-order valence-electron chi connectivity index (χ0n) is 18.4. The van der Waals surface area contributed by atoms with Crippen molar-refractivity contribution in [3.63, 3.8) is 0 Å². The highest BCUT2D eigenvalue weighted by Crippen LogP contribution is 2.73. The normalized spacial score (nSPS) is 26.0. The van der Waals surface area contributed by atoms with Crippen molar-refractivity contribution in [3.05, 3.63) is 119 Å². The number of rotatable bonds is 3. The molecule has 1 fully saturated rings. The predicted octanol–water partition coefficient (Wildman–Crippen LogP) is 6.79. The summed E-state index contributed by atoms with van der Waals surface area (Å²) in [7, 11) is -3.66. The molecule has 4 aliphatic heterocycles. The van der Waals surface area contributed by atoms with Crippen LogP contribution in [0.15, 0.2) is 97.1 Å². The Morgan fingerprint density at radius 3 is 1.56 bits per heavy atom. The molecule has 0 aliphatic carbocycles. The van der Waals surface area contributed by atoms with E-state index in [0.29, 0.717) is 28.6 Å². The van der Waals surface area contributed by atoms with Gasteiger partial charge in [0.05, 0.1) is 0 Å². The predicted molar refractivity (Wildman–Crippen MR) is 128 cm³/mol. The lowest BCUT2D eigenvalue weighted by Gasteiger charge is -2.46. The van der Waals surface area contributed by atoms with E-state index >= 15 is 0 Å². The van der Waals surface area contributed by atoms with Gasteiger partial charge in [0.15, 0.2) is 22.7 Å². The number of hydrogen-bond acceptors (Lipinski definition) is 8. The van der Waals surface area contributed by atoms with Gasteiger partial charge in [0.1, 0.15) is 0 Å². The van der Waals surface area contributed by atoms with Gasteiger partial charge in [-0.2, -0.15) is 0 Å². The highest BCUT2D eigenvalue weighted by Gasteiger charge is 2.67. The van der Waals surface area contributed by atoms with Crippen LogP contribution >= 0.6 is 17.2 Å². The molecular formula is C26H16O8P2.